The van der Waals surface area contributed by atoms with Gasteiger partial charge in [0.2, 0.25) is 0 Å². The van der Waals surface area contributed by atoms with Crippen LogP contribution in [0.3, 0.4) is 0 Å². The van der Waals surface area contributed by atoms with Crippen molar-refractivity contribution >= 4 is 11.4 Å². The van der Waals surface area contributed by atoms with E-state index in [0.717, 1.165) is 12.1 Å². The average Bonchev–Trinajstić information content (AvgIpc) is 3.27. The Morgan fingerprint density at radius 3 is 2.16 bits per heavy atom. The van der Waals surface area contributed by atoms with Gasteiger partial charge in [0.25, 0.3) is 5.60 Å². The number of nitrogens with zero attached hydrogens (tertiary/aromatic N) is 4. The number of benzene rings is 2. The predicted octanol–water partition coefficient (Wildman–Crippen LogP) is 6.06. The highest BCUT2D eigenvalue weighted by atomic mass is 19.4. The third-order valence-electron chi connectivity index (χ3n) is 5.83. The first kappa shape index (κ1) is 26.0. The van der Waals surface area contributed by atoms with Gasteiger partial charge in [0.1, 0.15) is 17.6 Å². The molecule has 2 heterocycles. The van der Waals surface area contributed by atoms with Gasteiger partial charge in [-0.3, -0.25) is 5.01 Å². The Bertz CT molecular complexity index is 1380. The maximum absolute atomic E-state index is 14.6. The van der Waals surface area contributed by atoms with Crippen molar-refractivity contribution < 1.29 is 40.2 Å². The van der Waals surface area contributed by atoms with E-state index in [-0.39, 0.29) is 11.3 Å². The van der Waals surface area contributed by atoms with Crippen molar-refractivity contribution in [3.05, 3.63) is 83.7 Å². The largest absolute Gasteiger partial charge is 0.431 e. The smallest absolute Gasteiger partial charge is 0.369 e. The van der Waals surface area contributed by atoms with Gasteiger partial charge in [0, 0.05) is 24.2 Å². The lowest BCUT2D eigenvalue weighted by Crippen LogP contribution is -2.62. The molecule has 0 aliphatic carbocycles. The summed E-state index contributed by atoms with van der Waals surface area (Å²) in [5.41, 5.74) is -6.53. The molecular weight excluding hydrogens is 512 g/mol. The number of alkyl halides is 6. The third kappa shape index (κ3) is 4.48. The Morgan fingerprint density at radius 1 is 0.946 bits per heavy atom. The first-order valence-corrected chi connectivity index (χ1v) is 10.4. The SMILES string of the molecule is N#Cc1ncccc1-c1ccc(C2CC(C(O)(C(F)(F)F)C(F)(F)F)=NN2c2ccc(F)cc2F)cc1. The fourth-order valence-electron chi connectivity index (χ4n) is 3.98. The molecule has 0 bridgehead atoms. The van der Waals surface area contributed by atoms with E-state index in [9.17, 15) is 45.5 Å². The zero-order chi connectivity index (χ0) is 27.2. The Kier molecular flexibility index (Phi) is 6.41. The van der Waals surface area contributed by atoms with Gasteiger partial charge in [-0.05, 0) is 35.4 Å². The molecule has 1 unspecified atom stereocenters. The summed E-state index contributed by atoms with van der Waals surface area (Å²) in [7, 11) is 0. The summed E-state index contributed by atoms with van der Waals surface area (Å²) in [6, 6.07) is 11.2. The Morgan fingerprint density at radius 2 is 1.59 bits per heavy atom. The van der Waals surface area contributed by atoms with Gasteiger partial charge in [-0.15, -0.1) is 0 Å². The van der Waals surface area contributed by atoms with Crippen LogP contribution in [0, 0.1) is 23.0 Å². The van der Waals surface area contributed by atoms with E-state index in [2.05, 4.69) is 10.1 Å². The van der Waals surface area contributed by atoms with E-state index in [0.29, 0.717) is 22.2 Å². The summed E-state index contributed by atoms with van der Waals surface area (Å²) < 4.78 is 109. The molecule has 192 valence electrons. The van der Waals surface area contributed by atoms with E-state index in [1.807, 2.05) is 6.07 Å². The second-order valence-electron chi connectivity index (χ2n) is 8.05. The van der Waals surface area contributed by atoms with Crippen LogP contribution in [0.15, 0.2) is 65.9 Å². The van der Waals surface area contributed by atoms with Gasteiger partial charge in [0.05, 0.1) is 17.4 Å². The van der Waals surface area contributed by atoms with Crippen LogP contribution in [0.1, 0.15) is 23.7 Å². The van der Waals surface area contributed by atoms with E-state index >= 15 is 0 Å². The van der Waals surface area contributed by atoms with Crippen molar-refractivity contribution in [3.63, 3.8) is 0 Å². The first-order valence-electron chi connectivity index (χ1n) is 10.4. The number of anilines is 1. The Balaban J connectivity index is 1.82. The molecule has 3 aromatic rings. The van der Waals surface area contributed by atoms with Gasteiger partial charge in [-0.25, -0.2) is 13.8 Å². The molecular formula is C24H14F8N4O. The molecule has 0 spiro atoms. The molecule has 1 atom stereocenters. The molecule has 4 rings (SSSR count). The minimum atomic E-state index is -6.19. The molecule has 0 saturated carbocycles. The summed E-state index contributed by atoms with van der Waals surface area (Å²) in [6.45, 7) is 0. The lowest BCUT2D eigenvalue weighted by Gasteiger charge is -2.32. The first-order chi connectivity index (χ1) is 17.3. The molecule has 2 aromatic carbocycles. The van der Waals surface area contributed by atoms with Crippen LogP contribution < -0.4 is 5.01 Å². The van der Waals surface area contributed by atoms with E-state index in [1.165, 1.54) is 30.5 Å². The second kappa shape index (κ2) is 9.11. The van der Waals surface area contributed by atoms with Crippen LogP contribution in [0.2, 0.25) is 0 Å². The summed E-state index contributed by atoms with van der Waals surface area (Å²) >= 11 is 0. The molecule has 1 N–H and O–H groups in total. The monoisotopic (exact) mass is 526 g/mol. The number of nitriles is 1. The zero-order valence-corrected chi connectivity index (χ0v) is 18.3. The molecule has 0 saturated heterocycles. The van der Waals surface area contributed by atoms with Crippen LogP contribution in [0.25, 0.3) is 11.1 Å². The number of halogens is 8. The number of rotatable bonds is 4. The minimum Gasteiger partial charge on any atom is -0.369 e. The highest BCUT2D eigenvalue weighted by molar-refractivity contribution is 5.97. The van der Waals surface area contributed by atoms with E-state index in [1.54, 1.807) is 12.1 Å². The molecule has 0 fully saturated rings. The molecule has 1 aliphatic heterocycles. The maximum atomic E-state index is 14.6. The second-order valence-corrected chi connectivity index (χ2v) is 8.05. The number of aromatic nitrogens is 1. The molecule has 1 aliphatic rings. The standard InChI is InChI=1S/C24H14F8N4O/c25-15-7-8-19(17(26)10-15)36-20(11-21(35-36)22(37,23(27,28)29)24(30,31)32)14-5-3-13(4-6-14)16-2-1-9-34-18(16)12-33/h1-10,20,37H,11H2. The fraction of sp³-hybridized carbons (Fsp3) is 0.208. The van der Waals surface area contributed by atoms with Crippen LogP contribution in [-0.4, -0.2) is 33.8 Å². The molecule has 13 heteroatoms. The number of hydrazone groups is 1. The summed E-state index contributed by atoms with van der Waals surface area (Å²) in [4.78, 5) is 3.92. The van der Waals surface area contributed by atoms with Crippen molar-refractivity contribution in [1.82, 2.24) is 4.98 Å². The van der Waals surface area contributed by atoms with Gasteiger partial charge < -0.3 is 5.11 Å². The average molecular weight is 526 g/mol. The Hall–Kier alpha value is -4.05. The highest BCUT2D eigenvalue weighted by Crippen LogP contribution is 2.49. The minimum absolute atomic E-state index is 0.0807. The van der Waals surface area contributed by atoms with Crippen molar-refractivity contribution in [2.75, 3.05) is 5.01 Å². The van der Waals surface area contributed by atoms with Crippen LogP contribution in [0.5, 0.6) is 0 Å². The van der Waals surface area contributed by atoms with Gasteiger partial charge in [-0.2, -0.15) is 36.7 Å². The van der Waals surface area contributed by atoms with Crippen molar-refractivity contribution in [2.24, 2.45) is 5.10 Å². The molecule has 37 heavy (non-hydrogen) atoms. The number of pyridine rings is 1. The molecule has 0 radical (unpaired) electrons. The number of hydrogen-bond acceptors (Lipinski definition) is 5. The maximum Gasteiger partial charge on any atom is 0.431 e. The normalized spacial score (nSPS) is 16.5. The topological polar surface area (TPSA) is 72.5 Å². The third-order valence-corrected chi connectivity index (χ3v) is 5.83. The fourth-order valence-corrected chi connectivity index (χ4v) is 3.98. The molecule has 5 nitrogen and oxygen atoms in total. The summed E-state index contributed by atoms with van der Waals surface area (Å²) in [6.07, 6.45) is -12.1. The molecule has 0 amide bonds. The predicted molar refractivity (Wildman–Crippen MR) is 115 cm³/mol. The molecule has 1 aromatic heterocycles. The van der Waals surface area contributed by atoms with E-state index < -0.39 is 53.4 Å². The van der Waals surface area contributed by atoms with Crippen molar-refractivity contribution in [1.29, 1.82) is 5.26 Å². The lowest BCUT2D eigenvalue weighted by molar-refractivity contribution is -0.338. The number of aliphatic hydroxyl groups is 1. The summed E-state index contributed by atoms with van der Waals surface area (Å²) in [5.74, 6) is -2.32. The van der Waals surface area contributed by atoms with Gasteiger partial charge >= 0.3 is 12.4 Å². The lowest BCUT2D eigenvalue weighted by atomic mass is 9.89. The van der Waals surface area contributed by atoms with Gasteiger partial charge in [-0.1, -0.05) is 24.3 Å². The highest BCUT2D eigenvalue weighted by Gasteiger charge is 2.74. The zero-order valence-electron chi connectivity index (χ0n) is 18.3. The van der Waals surface area contributed by atoms with Crippen molar-refractivity contribution in [2.45, 2.75) is 30.4 Å². The van der Waals surface area contributed by atoms with Crippen LogP contribution >= 0.6 is 0 Å². The quantitative estimate of drug-likeness (QED) is 0.420. The van der Waals surface area contributed by atoms with E-state index in [4.69, 9.17) is 0 Å². The Labute approximate surface area is 203 Å². The van der Waals surface area contributed by atoms with Gasteiger partial charge in [0.15, 0.2) is 5.82 Å². The van der Waals surface area contributed by atoms with Crippen LogP contribution in [-0.2, 0) is 0 Å². The summed E-state index contributed by atoms with van der Waals surface area (Å²) in [5, 5.41) is 23.0. The van der Waals surface area contributed by atoms with Crippen molar-refractivity contribution in [3.8, 4) is 17.2 Å². The number of hydrogen-bond donors (Lipinski definition) is 1. The van der Waals surface area contributed by atoms with Crippen LogP contribution in [0.4, 0.5) is 40.8 Å².